The molecule has 5 nitrogen and oxygen atoms in total. The predicted molar refractivity (Wildman–Crippen MR) is 41.6 cm³/mol. The van der Waals surface area contributed by atoms with Gasteiger partial charge in [0.2, 0.25) is 0 Å². The fourth-order valence-electron chi connectivity index (χ4n) is 1.30. The number of hydrogen-bond acceptors (Lipinski definition) is 5. The Morgan fingerprint density at radius 1 is 1.67 bits per heavy atom. The molecular formula is C7H13NO4. The minimum Gasteiger partial charge on any atom is -0.394 e. The van der Waals surface area contributed by atoms with Crippen LogP contribution in [0.2, 0.25) is 0 Å². The second kappa shape index (κ2) is 4.49. The maximum atomic E-state index is 10.2. The Labute approximate surface area is 70.6 Å². The minimum absolute atomic E-state index is 0.0914. The average molecular weight is 175 g/mol. The first-order valence-electron chi connectivity index (χ1n) is 3.91. The molecule has 12 heavy (non-hydrogen) atoms. The molecule has 70 valence electrons. The Morgan fingerprint density at radius 2 is 2.42 bits per heavy atom. The van der Waals surface area contributed by atoms with E-state index in [0.717, 1.165) is 0 Å². The molecule has 0 saturated carbocycles. The normalized spacial score (nSPS) is 36.3. The molecule has 0 bridgehead atoms. The van der Waals surface area contributed by atoms with Gasteiger partial charge in [-0.15, -0.1) is 0 Å². The largest absolute Gasteiger partial charge is 0.394 e. The molecule has 1 N–H and O–H groups in total. The van der Waals surface area contributed by atoms with E-state index in [1.807, 2.05) is 0 Å². The molecule has 0 radical (unpaired) electrons. The highest BCUT2D eigenvalue weighted by atomic mass is 16.7. The van der Waals surface area contributed by atoms with Crippen LogP contribution in [0.25, 0.3) is 0 Å². The molecule has 5 heteroatoms. The van der Waals surface area contributed by atoms with E-state index in [-0.39, 0.29) is 18.8 Å². The Morgan fingerprint density at radius 3 is 2.92 bits per heavy atom. The Bertz CT molecular complexity index is 140. The van der Waals surface area contributed by atoms with Crippen LogP contribution in [0.4, 0.5) is 0 Å². The zero-order chi connectivity index (χ0) is 8.97. The van der Waals surface area contributed by atoms with Gasteiger partial charge in [-0.25, -0.2) is 0 Å². The Balaban J connectivity index is 2.46. The summed E-state index contributed by atoms with van der Waals surface area (Å²) in [5, 5.41) is 11.7. The molecule has 0 unspecified atom stereocenters. The van der Waals surface area contributed by atoms with Crippen LogP contribution in [-0.2, 0) is 9.47 Å². The van der Waals surface area contributed by atoms with Crippen molar-refractivity contribution in [2.45, 2.75) is 31.3 Å². The molecule has 0 aromatic carbocycles. The highest BCUT2D eigenvalue weighted by Crippen LogP contribution is 2.21. The van der Waals surface area contributed by atoms with Gasteiger partial charge in [0, 0.05) is 20.0 Å². The average Bonchev–Trinajstić information content (AvgIpc) is 2.16. The first-order chi connectivity index (χ1) is 5.80. The lowest BCUT2D eigenvalue weighted by Crippen LogP contribution is -2.37. The standard InChI is InChI=1S/C7H13NO4/c1-11-7-3-5(8-10)2-6(4-9)12-7/h5-7,9H,2-4H2,1H3/t5-,6-,7+/m0/s1. The van der Waals surface area contributed by atoms with Crippen LogP contribution in [-0.4, -0.2) is 37.3 Å². The lowest BCUT2D eigenvalue weighted by Gasteiger charge is -2.30. The zero-order valence-corrected chi connectivity index (χ0v) is 6.97. The van der Waals surface area contributed by atoms with Gasteiger partial charge in [-0.2, -0.15) is 4.91 Å². The molecule has 0 aromatic rings. The van der Waals surface area contributed by atoms with Gasteiger partial charge in [0.25, 0.3) is 0 Å². The van der Waals surface area contributed by atoms with E-state index in [0.29, 0.717) is 12.8 Å². The Kier molecular flexibility index (Phi) is 3.58. The SMILES string of the molecule is CO[C@H]1C[C@@H](N=O)C[C@@H](CO)O1. The molecule has 1 aliphatic heterocycles. The van der Waals surface area contributed by atoms with Crippen molar-refractivity contribution in [1.82, 2.24) is 0 Å². The van der Waals surface area contributed by atoms with Crippen LogP contribution in [0.5, 0.6) is 0 Å². The van der Waals surface area contributed by atoms with Crippen LogP contribution in [0.1, 0.15) is 12.8 Å². The summed E-state index contributed by atoms with van der Waals surface area (Å²) in [5.74, 6) is 0. The van der Waals surface area contributed by atoms with Crippen molar-refractivity contribution < 1.29 is 14.6 Å². The summed E-state index contributed by atoms with van der Waals surface area (Å²) >= 11 is 0. The summed E-state index contributed by atoms with van der Waals surface area (Å²) in [4.78, 5) is 10.2. The van der Waals surface area contributed by atoms with Crippen LogP contribution < -0.4 is 0 Å². The monoisotopic (exact) mass is 175 g/mol. The first-order valence-corrected chi connectivity index (χ1v) is 3.91. The number of hydrogen-bond donors (Lipinski definition) is 1. The summed E-state index contributed by atoms with van der Waals surface area (Å²) in [7, 11) is 1.51. The molecule has 0 spiro atoms. The summed E-state index contributed by atoms with van der Waals surface area (Å²) in [6.45, 7) is -0.0914. The molecule has 1 aliphatic rings. The van der Waals surface area contributed by atoms with E-state index in [2.05, 4.69) is 5.18 Å². The first kappa shape index (κ1) is 9.57. The van der Waals surface area contributed by atoms with Crippen LogP contribution in [0, 0.1) is 4.91 Å². The van der Waals surface area contributed by atoms with Crippen molar-refractivity contribution in [1.29, 1.82) is 0 Å². The van der Waals surface area contributed by atoms with Gasteiger partial charge in [-0.1, -0.05) is 5.18 Å². The van der Waals surface area contributed by atoms with Gasteiger partial charge >= 0.3 is 0 Å². The molecule has 1 heterocycles. The molecule has 3 atom stereocenters. The molecule has 1 rings (SSSR count). The smallest absolute Gasteiger partial charge is 0.159 e. The summed E-state index contributed by atoms with van der Waals surface area (Å²) in [5.41, 5.74) is 0. The second-order valence-corrected chi connectivity index (χ2v) is 2.84. The number of methoxy groups -OCH3 is 1. The number of nitroso groups, excluding NO2 is 1. The molecule has 0 aliphatic carbocycles. The number of ether oxygens (including phenoxy) is 2. The second-order valence-electron chi connectivity index (χ2n) is 2.84. The van der Waals surface area contributed by atoms with Gasteiger partial charge in [0.15, 0.2) is 6.29 Å². The van der Waals surface area contributed by atoms with Crippen molar-refractivity contribution in [2.24, 2.45) is 5.18 Å². The van der Waals surface area contributed by atoms with Crippen LogP contribution in [0.3, 0.4) is 0 Å². The maximum absolute atomic E-state index is 10.2. The summed E-state index contributed by atoms with van der Waals surface area (Å²) < 4.78 is 10.2. The lowest BCUT2D eigenvalue weighted by atomic mass is 10.0. The van der Waals surface area contributed by atoms with E-state index in [4.69, 9.17) is 14.6 Å². The van der Waals surface area contributed by atoms with Gasteiger partial charge in [0.1, 0.15) is 0 Å². The van der Waals surface area contributed by atoms with Crippen molar-refractivity contribution in [3.8, 4) is 0 Å². The number of aliphatic hydroxyl groups excluding tert-OH is 1. The number of nitrogens with zero attached hydrogens (tertiary/aromatic N) is 1. The van der Waals surface area contributed by atoms with Crippen molar-refractivity contribution in [3.05, 3.63) is 4.91 Å². The fraction of sp³-hybridized carbons (Fsp3) is 1.00. The summed E-state index contributed by atoms with van der Waals surface area (Å²) in [6.07, 6.45) is 0.251. The van der Waals surface area contributed by atoms with Gasteiger partial charge in [-0.05, 0) is 0 Å². The molecule has 1 saturated heterocycles. The molecule has 1 fully saturated rings. The van der Waals surface area contributed by atoms with Gasteiger partial charge in [0.05, 0.1) is 18.8 Å². The number of aliphatic hydroxyl groups is 1. The molecule has 0 amide bonds. The lowest BCUT2D eigenvalue weighted by molar-refractivity contribution is -0.191. The van der Waals surface area contributed by atoms with Crippen LogP contribution in [0.15, 0.2) is 5.18 Å². The zero-order valence-electron chi connectivity index (χ0n) is 6.97. The Hall–Kier alpha value is -0.520. The third kappa shape index (κ3) is 2.23. The van der Waals surface area contributed by atoms with E-state index < -0.39 is 6.29 Å². The van der Waals surface area contributed by atoms with Gasteiger partial charge < -0.3 is 14.6 Å². The predicted octanol–water partition coefficient (Wildman–Crippen LogP) is 0.265. The minimum atomic E-state index is -0.404. The maximum Gasteiger partial charge on any atom is 0.159 e. The van der Waals surface area contributed by atoms with Crippen molar-refractivity contribution >= 4 is 0 Å². The highest BCUT2D eigenvalue weighted by Gasteiger charge is 2.29. The summed E-state index contributed by atoms with van der Waals surface area (Å²) in [6, 6.07) is -0.291. The quantitative estimate of drug-likeness (QED) is 0.625. The fourth-order valence-corrected chi connectivity index (χ4v) is 1.30. The van der Waals surface area contributed by atoms with E-state index >= 15 is 0 Å². The third-order valence-corrected chi connectivity index (χ3v) is 1.96. The van der Waals surface area contributed by atoms with Crippen molar-refractivity contribution in [3.63, 3.8) is 0 Å². The van der Waals surface area contributed by atoms with E-state index in [1.165, 1.54) is 7.11 Å². The highest BCUT2D eigenvalue weighted by molar-refractivity contribution is 4.77. The van der Waals surface area contributed by atoms with Crippen molar-refractivity contribution in [2.75, 3.05) is 13.7 Å². The topological polar surface area (TPSA) is 68.1 Å². The number of rotatable bonds is 3. The molecule has 0 aromatic heterocycles. The van der Waals surface area contributed by atoms with Gasteiger partial charge in [-0.3, -0.25) is 0 Å². The van der Waals surface area contributed by atoms with E-state index in [1.54, 1.807) is 0 Å². The van der Waals surface area contributed by atoms with E-state index in [9.17, 15) is 4.91 Å². The molecular weight excluding hydrogens is 162 g/mol. The third-order valence-electron chi connectivity index (χ3n) is 1.96. The van der Waals surface area contributed by atoms with Crippen LogP contribution >= 0.6 is 0 Å².